The number of carbonyl (C=O) groups is 1. The number of anilines is 1. The molecule has 6 heteroatoms. The van der Waals surface area contributed by atoms with E-state index in [2.05, 4.69) is 5.32 Å². The largest absolute Gasteiger partial charge is 0.478 e. The fraction of sp³-hybridized carbons (Fsp3) is 0.364. The third kappa shape index (κ3) is 4.34. The number of aromatic carboxylic acids is 1. The number of para-hydroxylation sites is 1. The summed E-state index contributed by atoms with van der Waals surface area (Å²) in [6, 6.07) is 4.98. The van der Waals surface area contributed by atoms with Gasteiger partial charge >= 0.3 is 12.1 Å². The first-order chi connectivity index (χ1) is 7.79. The molecule has 0 spiro atoms. The summed E-state index contributed by atoms with van der Waals surface area (Å²) in [6.45, 7) is 1.35. The Labute approximate surface area is 96.3 Å². The van der Waals surface area contributed by atoms with Gasteiger partial charge in [-0.1, -0.05) is 12.1 Å². The Kier molecular flexibility index (Phi) is 3.98. The zero-order valence-electron chi connectivity index (χ0n) is 9.08. The summed E-state index contributed by atoms with van der Waals surface area (Å²) in [6.07, 6.45) is -5.29. The average molecular weight is 247 g/mol. The summed E-state index contributed by atoms with van der Waals surface area (Å²) in [7, 11) is 0. The minimum atomic E-state index is -4.27. The summed E-state index contributed by atoms with van der Waals surface area (Å²) < 4.78 is 36.3. The Morgan fingerprint density at radius 1 is 1.41 bits per heavy atom. The normalized spacial score (nSPS) is 13.2. The van der Waals surface area contributed by atoms with E-state index >= 15 is 0 Å². The van der Waals surface area contributed by atoms with Crippen LogP contribution in [0, 0.1) is 0 Å². The molecule has 94 valence electrons. The van der Waals surface area contributed by atoms with E-state index in [0.29, 0.717) is 0 Å². The van der Waals surface area contributed by atoms with Gasteiger partial charge in [-0.05, 0) is 19.1 Å². The second kappa shape index (κ2) is 5.07. The van der Waals surface area contributed by atoms with Gasteiger partial charge in [0.05, 0.1) is 12.0 Å². The maximum atomic E-state index is 12.1. The van der Waals surface area contributed by atoms with Crippen LogP contribution in [0.2, 0.25) is 0 Å². The van der Waals surface area contributed by atoms with Crippen LogP contribution in [0.15, 0.2) is 24.3 Å². The second-order valence-electron chi connectivity index (χ2n) is 3.72. The van der Waals surface area contributed by atoms with Crippen molar-refractivity contribution in [3.63, 3.8) is 0 Å². The quantitative estimate of drug-likeness (QED) is 0.859. The van der Waals surface area contributed by atoms with Gasteiger partial charge in [0.1, 0.15) is 0 Å². The fourth-order valence-corrected chi connectivity index (χ4v) is 1.46. The number of nitrogens with one attached hydrogen (secondary N) is 1. The predicted octanol–water partition coefficient (Wildman–Crippen LogP) is 3.14. The summed E-state index contributed by atoms with van der Waals surface area (Å²) in [4.78, 5) is 10.8. The minimum Gasteiger partial charge on any atom is -0.478 e. The van der Waals surface area contributed by atoms with Gasteiger partial charge in [-0.15, -0.1) is 0 Å². The molecule has 0 amide bonds. The monoisotopic (exact) mass is 247 g/mol. The molecule has 3 nitrogen and oxygen atoms in total. The van der Waals surface area contributed by atoms with Crippen LogP contribution in [0.5, 0.6) is 0 Å². The molecule has 0 saturated heterocycles. The van der Waals surface area contributed by atoms with Crippen LogP contribution in [0.3, 0.4) is 0 Å². The lowest BCUT2D eigenvalue weighted by Crippen LogP contribution is -2.24. The van der Waals surface area contributed by atoms with Crippen LogP contribution in [0.4, 0.5) is 18.9 Å². The van der Waals surface area contributed by atoms with Gasteiger partial charge in [0.15, 0.2) is 0 Å². The number of halogens is 3. The van der Waals surface area contributed by atoms with Crippen molar-refractivity contribution in [1.82, 2.24) is 0 Å². The molecule has 17 heavy (non-hydrogen) atoms. The standard InChI is InChI=1S/C11H12F3NO2/c1-7(6-11(12,13)14)15-9-5-3-2-4-8(9)10(16)17/h2-5,7,15H,6H2,1H3,(H,16,17). The van der Waals surface area contributed by atoms with E-state index < -0.39 is 24.6 Å². The van der Waals surface area contributed by atoms with E-state index in [1.165, 1.54) is 25.1 Å². The van der Waals surface area contributed by atoms with Crippen molar-refractivity contribution < 1.29 is 23.1 Å². The van der Waals surface area contributed by atoms with Gasteiger partial charge in [-0.2, -0.15) is 13.2 Å². The van der Waals surface area contributed by atoms with Crippen molar-refractivity contribution in [2.75, 3.05) is 5.32 Å². The number of hydrogen-bond donors (Lipinski definition) is 2. The van der Waals surface area contributed by atoms with Gasteiger partial charge in [-0.25, -0.2) is 4.79 Å². The maximum Gasteiger partial charge on any atom is 0.391 e. The molecule has 0 heterocycles. The van der Waals surface area contributed by atoms with Gasteiger partial charge in [-0.3, -0.25) is 0 Å². The Balaban J connectivity index is 2.78. The number of carboxylic acid groups (broad SMARTS) is 1. The van der Waals surface area contributed by atoms with E-state index in [1.807, 2.05) is 0 Å². The molecule has 1 aromatic rings. The van der Waals surface area contributed by atoms with E-state index in [1.54, 1.807) is 6.07 Å². The van der Waals surface area contributed by atoms with Crippen molar-refractivity contribution in [2.45, 2.75) is 25.6 Å². The van der Waals surface area contributed by atoms with Gasteiger partial charge in [0, 0.05) is 11.7 Å². The second-order valence-corrected chi connectivity index (χ2v) is 3.72. The van der Waals surface area contributed by atoms with Gasteiger partial charge in [0.2, 0.25) is 0 Å². The number of carboxylic acids is 1. The molecule has 0 aromatic heterocycles. The number of hydrogen-bond acceptors (Lipinski definition) is 2. The molecule has 0 fully saturated rings. The third-order valence-electron chi connectivity index (χ3n) is 2.10. The van der Waals surface area contributed by atoms with Crippen LogP contribution >= 0.6 is 0 Å². The van der Waals surface area contributed by atoms with Crippen molar-refractivity contribution in [1.29, 1.82) is 0 Å². The molecule has 1 rings (SSSR count). The Hall–Kier alpha value is -1.72. The molecule has 1 aromatic carbocycles. The molecule has 0 aliphatic carbocycles. The average Bonchev–Trinajstić information content (AvgIpc) is 2.14. The molecule has 1 unspecified atom stereocenters. The van der Waals surface area contributed by atoms with Crippen molar-refractivity contribution in [2.24, 2.45) is 0 Å². The predicted molar refractivity (Wildman–Crippen MR) is 57.2 cm³/mol. The first-order valence-electron chi connectivity index (χ1n) is 4.95. The van der Waals surface area contributed by atoms with Crippen molar-refractivity contribution in [3.8, 4) is 0 Å². The fourth-order valence-electron chi connectivity index (χ4n) is 1.46. The number of alkyl halides is 3. The van der Waals surface area contributed by atoms with Crippen LogP contribution in [0.25, 0.3) is 0 Å². The SMILES string of the molecule is CC(CC(F)(F)F)Nc1ccccc1C(=O)O. The highest BCUT2D eigenvalue weighted by Gasteiger charge is 2.30. The Morgan fingerprint density at radius 2 is 2.00 bits per heavy atom. The van der Waals surface area contributed by atoms with E-state index in [0.717, 1.165) is 0 Å². The highest BCUT2D eigenvalue weighted by molar-refractivity contribution is 5.94. The van der Waals surface area contributed by atoms with Gasteiger partial charge < -0.3 is 10.4 Å². The van der Waals surface area contributed by atoms with Crippen LogP contribution in [-0.2, 0) is 0 Å². The molecule has 2 N–H and O–H groups in total. The molecule has 0 radical (unpaired) electrons. The van der Waals surface area contributed by atoms with E-state index in [4.69, 9.17) is 5.11 Å². The smallest absolute Gasteiger partial charge is 0.391 e. The summed E-state index contributed by atoms with van der Waals surface area (Å²) in [5, 5.41) is 11.4. The first-order valence-corrected chi connectivity index (χ1v) is 4.95. The third-order valence-corrected chi connectivity index (χ3v) is 2.10. The zero-order chi connectivity index (χ0) is 13.1. The topological polar surface area (TPSA) is 49.3 Å². The maximum absolute atomic E-state index is 12.1. The van der Waals surface area contributed by atoms with E-state index in [-0.39, 0.29) is 11.3 Å². The lowest BCUT2D eigenvalue weighted by atomic mass is 10.1. The van der Waals surface area contributed by atoms with Crippen LogP contribution in [0.1, 0.15) is 23.7 Å². The van der Waals surface area contributed by atoms with Gasteiger partial charge in [0.25, 0.3) is 0 Å². The van der Waals surface area contributed by atoms with Crippen LogP contribution in [-0.4, -0.2) is 23.3 Å². The Bertz CT molecular complexity index is 404. The molecule has 0 bridgehead atoms. The van der Waals surface area contributed by atoms with E-state index in [9.17, 15) is 18.0 Å². The molecule has 0 aliphatic heterocycles. The minimum absolute atomic E-state index is 0.0403. The molecular formula is C11H12F3NO2. The molecule has 1 atom stereocenters. The Morgan fingerprint density at radius 3 is 2.53 bits per heavy atom. The molecular weight excluding hydrogens is 235 g/mol. The van der Waals surface area contributed by atoms with Crippen LogP contribution < -0.4 is 5.32 Å². The summed E-state index contributed by atoms with van der Waals surface area (Å²) in [5.74, 6) is -1.17. The summed E-state index contributed by atoms with van der Waals surface area (Å²) >= 11 is 0. The number of rotatable bonds is 4. The number of benzene rings is 1. The van der Waals surface area contributed by atoms with Crippen molar-refractivity contribution >= 4 is 11.7 Å². The first kappa shape index (κ1) is 13.3. The zero-order valence-corrected chi connectivity index (χ0v) is 9.08. The summed E-state index contributed by atoms with van der Waals surface area (Å²) in [5.41, 5.74) is 0.151. The lowest BCUT2D eigenvalue weighted by Gasteiger charge is -2.18. The molecule has 0 saturated carbocycles. The molecule has 0 aliphatic rings. The van der Waals surface area contributed by atoms with Crippen molar-refractivity contribution in [3.05, 3.63) is 29.8 Å². The highest BCUT2D eigenvalue weighted by Crippen LogP contribution is 2.24. The highest BCUT2D eigenvalue weighted by atomic mass is 19.4. The lowest BCUT2D eigenvalue weighted by molar-refractivity contribution is -0.136.